The second-order valence-electron chi connectivity index (χ2n) is 6.41. The van der Waals surface area contributed by atoms with Gasteiger partial charge in [-0.1, -0.05) is 6.92 Å². The Bertz CT molecular complexity index is 391. The second-order valence-corrected chi connectivity index (χ2v) is 6.41. The van der Waals surface area contributed by atoms with Gasteiger partial charge in [-0.2, -0.15) is 0 Å². The number of hydrogen-bond acceptors (Lipinski definition) is 3. The van der Waals surface area contributed by atoms with Gasteiger partial charge in [0.05, 0.1) is 11.5 Å². The molecule has 0 bridgehead atoms. The Labute approximate surface area is 119 Å². The molecule has 2 atom stereocenters. The number of aliphatic carboxylic acids is 1. The van der Waals surface area contributed by atoms with Crippen molar-refractivity contribution in [3.05, 3.63) is 0 Å². The first-order chi connectivity index (χ1) is 9.33. The predicted octanol–water partition coefficient (Wildman–Crippen LogP) is 0.996. The molecule has 0 aromatic rings. The lowest BCUT2D eigenvalue weighted by molar-refractivity contribution is -0.150. The van der Waals surface area contributed by atoms with Crippen molar-refractivity contribution < 1.29 is 19.8 Å². The lowest BCUT2D eigenvalue weighted by Crippen LogP contribution is -2.54. The first kappa shape index (κ1) is 15.1. The van der Waals surface area contributed by atoms with Crippen LogP contribution in [0.4, 0.5) is 4.79 Å². The summed E-state index contributed by atoms with van der Waals surface area (Å²) < 4.78 is 0. The van der Waals surface area contributed by atoms with Crippen LogP contribution in [0.3, 0.4) is 0 Å². The number of rotatable bonds is 1. The van der Waals surface area contributed by atoms with Crippen LogP contribution in [0.1, 0.15) is 33.1 Å². The number of amides is 2. The van der Waals surface area contributed by atoms with Crippen molar-refractivity contribution in [3.63, 3.8) is 0 Å². The van der Waals surface area contributed by atoms with Gasteiger partial charge in [0.1, 0.15) is 0 Å². The number of likely N-dealkylation sites (tertiary alicyclic amines) is 2. The zero-order valence-electron chi connectivity index (χ0n) is 12.2. The van der Waals surface area contributed by atoms with Crippen molar-refractivity contribution in [2.45, 2.75) is 39.2 Å². The standard InChI is InChI=1S/C14H24N2O4/c1-10-3-6-16(9-11(10)17)13(20)15-7-4-14(2,5-8-15)12(18)19/h10-11,17H,3-9H2,1-2H3,(H,18,19). The SMILES string of the molecule is CC1CCN(C(=O)N2CCC(C)(C(=O)O)CC2)CC1O. The van der Waals surface area contributed by atoms with Crippen LogP contribution in [-0.4, -0.2) is 64.3 Å². The maximum Gasteiger partial charge on any atom is 0.320 e. The third-order valence-corrected chi connectivity index (χ3v) is 4.84. The minimum absolute atomic E-state index is 0.0663. The van der Waals surface area contributed by atoms with Gasteiger partial charge in [-0.3, -0.25) is 4.79 Å². The van der Waals surface area contributed by atoms with Gasteiger partial charge in [-0.15, -0.1) is 0 Å². The number of piperidine rings is 2. The Morgan fingerprint density at radius 3 is 2.25 bits per heavy atom. The number of hydrogen-bond donors (Lipinski definition) is 2. The van der Waals surface area contributed by atoms with Gasteiger partial charge in [0.15, 0.2) is 0 Å². The normalized spacial score (nSPS) is 30.1. The molecule has 2 amide bonds. The largest absolute Gasteiger partial charge is 0.481 e. The van der Waals surface area contributed by atoms with Crippen LogP contribution in [0.15, 0.2) is 0 Å². The van der Waals surface area contributed by atoms with Crippen LogP contribution >= 0.6 is 0 Å². The summed E-state index contributed by atoms with van der Waals surface area (Å²) in [5.74, 6) is -0.553. The number of carboxylic acids is 1. The molecule has 0 spiro atoms. The van der Waals surface area contributed by atoms with Crippen molar-refractivity contribution >= 4 is 12.0 Å². The Hall–Kier alpha value is -1.30. The Balaban J connectivity index is 1.91. The molecule has 2 fully saturated rings. The van der Waals surface area contributed by atoms with E-state index in [2.05, 4.69) is 0 Å². The van der Waals surface area contributed by atoms with Crippen molar-refractivity contribution in [1.29, 1.82) is 0 Å². The minimum Gasteiger partial charge on any atom is -0.481 e. The van der Waals surface area contributed by atoms with E-state index in [0.29, 0.717) is 39.0 Å². The molecule has 0 aromatic heterocycles. The van der Waals surface area contributed by atoms with Gasteiger partial charge in [0.25, 0.3) is 0 Å². The molecule has 0 radical (unpaired) electrons. The summed E-state index contributed by atoms with van der Waals surface area (Å²) in [5, 5.41) is 19.0. The Morgan fingerprint density at radius 2 is 1.75 bits per heavy atom. The number of urea groups is 1. The third-order valence-electron chi connectivity index (χ3n) is 4.84. The lowest BCUT2D eigenvalue weighted by Gasteiger charge is -2.41. The van der Waals surface area contributed by atoms with Gasteiger partial charge in [0.2, 0.25) is 0 Å². The number of nitrogens with zero attached hydrogens (tertiary/aromatic N) is 2. The van der Waals surface area contributed by atoms with E-state index in [1.54, 1.807) is 16.7 Å². The van der Waals surface area contributed by atoms with E-state index in [-0.39, 0.29) is 11.9 Å². The first-order valence-corrected chi connectivity index (χ1v) is 7.29. The quantitative estimate of drug-likeness (QED) is 0.752. The molecule has 2 aliphatic heterocycles. The highest BCUT2D eigenvalue weighted by Crippen LogP contribution is 2.31. The van der Waals surface area contributed by atoms with Crippen molar-refractivity contribution in [3.8, 4) is 0 Å². The number of carboxylic acid groups (broad SMARTS) is 1. The van der Waals surface area contributed by atoms with Gasteiger partial charge >= 0.3 is 12.0 Å². The molecule has 0 aromatic carbocycles. The third kappa shape index (κ3) is 2.90. The number of β-amino-alcohol motifs (C(OH)–C–C–N with tert-alkyl or cyclic N) is 1. The van der Waals surface area contributed by atoms with Crippen LogP contribution < -0.4 is 0 Å². The van der Waals surface area contributed by atoms with Crippen LogP contribution in [0.25, 0.3) is 0 Å². The zero-order chi connectivity index (χ0) is 14.9. The Morgan fingerprint density at radius 1 is 1.15 bits per heavy atom. The molecule has 2 rings (SSSR count). The van der Waals surface area contributed by atoms with E-state index < -0.39 is 17.5 Å². The number of carbonyl (C=O) groups excluding carboxylic acids is 1. The van der Waals surface area contributed by atoms with Crippen molar-refractivity contribution in [1.82, 2.24) is 9.80 Å². The summed E-state index contributed by atoms with van der Waals surface area (Å²) in [5.41, 5.74) is -0.716. The summed E-state index contributed by atoms with van der Waals surface area (Å²) in [6.45, 7) is 5.74. The monoisotopic (exact) mass is 284 g/mol. The topological polar surface area (TPSA) is 81.1 Å². The maximum absolute atomic E-state index is 12.4. The van der Waals surface area contributed by atoms with E-state index in [0.717, 1.165) is 6.42 Å². The number of aliphatic hydroxyl groups is 1. The summed E-state index contributed by atoms with van der Waals surface area (Å²) in [6, 6.07) is -0.0663. The molecule has 2 unspecified atom stereocenters. The van der Waals surface area contributed by atoms with Crippen molar-refractivity contribution in [2.75, 3.05) is 26.2 Å². The fraction of sp³-hybridized carbons (Fsp3) is 0.857. The number of aliphatic hydroxyl groups excluding tert-OH is 1. The van der Waals surface area contributed by atoms with Crippen LogP contribution in [0.2, 0.25) is 0 Å². The van der Waals surface area contributed by atoms with E-state index in [1.807, 2.05) is 6.92 Å². The fourth-order valence-electron chi connectivity index (χ4n) is 2.83. The molecule has 0 aliphatic carbocycles. The summed E-state index contributed by atoms with van der Waals surface area (Å²) in [6.07, 6.45) is 1.33. The van der Waals surface area contributed by atoms with Gasteiger partial charge in [-0.25, -0.2) is 4.79 Å². The van der Waals surface area contributed by atoms with Crippen LogP contribution in [0.5, 0.6) is 0 Å². The molecule has 2 heterocycles. The fourth-order valence-corrected chi connectivity index (χ4v) is 2.83. The molecular formula is C14H24N2O4. The molecule has 0 saturated carbocycles. The highest BCUT2D eigenvalue weighted by atomic mass is 16.4. The van der Waals surface area contributed by atoms with Gasteiger partial charge in [0, 0.05) is 26.2 Å². The average molecular weight is 284 g/mol. The summed E-state index contributed by atoms with van der Waals surface area (Å²) in [4.78, 5) is 27.0. The maximum atomic E-state index is 12.4. The lowest BCUT2D eigenvalue weighted by atomic mass is 9.80. The molecule has 20 heavy (non-hydrogen) atoms. The highest BCUT2D eigenvalue weighted by Gasteiger charge is 2.39. The molecule has 2 aliphatic rings. The molecule has 6 nitrogen and oxygen atoms in total. The van der Waals surface area contributed by atoms with Gasteiger partial charge < -0.3 is 20.0 Å². The number of carbonyl (C=O) groups is 2. The summed E-state index contributed by atoms with van der Waals surface area (Å²) in [7, 11) is 0. The zero-order valence-corrected chi connectivity index (χ0v) is 12.2. The predicted molar refractivity (Wildman–Crippen MR) is 73.3 cm³/mol. The first-order valence-electron chi connectivity index (χ1n) is 7.29. The second kappa shape index (κ2) is 5.60. The average Bonchev–Trinajstić information content (AvgIpc) is 2.42. The van der Waals surface area contributed by atoms with E-state index in [1.165, 1.54) is 0 Å². The molecule has 6 heteroatoms. The molecule has 2 N–H and O–H groups in total. The molecular weight excluding hydrogens is 260 g/mol. The van der Waals surface area contributed by atoms with E-state index in [4.69, 9.17) is 0 Å². The Kier molecular flexibility index (Phi) is 4.22. The van der Waals surface area contributed by atoms with E-state index in [9.17, 15) is 19.8 Å². The highest BCUT2D eigenvalue weighted by molar-refractivity contribution is 5.77. The molecule has 2 saturated heterocycles. The van der Waals surface area contributed by atoms with Gasteiger partial charge in [-0.05, 0) is 32.1 Å². The van der Waals surface area contributed by atoms with Crippen molar-refractivity contribution in [2.24, 2.45) is 11.3 Å². The van der Waals surface area contributed by atoms with Crippen LogP contribution in [-0.2, 0) is 4.79 Å². The van der Waals surface area contributed by atoms with E-state index >= 15 is 0 Å². The smallest absolute Gasteiger partial charge is 0.320 e. The summed E-state index contributed by atoms with van der Waals surface area (Å²) >= 11 is 0. The minimum atomic E-state index is -0.785. The van der Waals surface area contributed by atoms with Crippen LogP contribution in [0, 0.1) is 11.3 Å². The molecule has 114 valence electrons.